The van der Waals surface area contributed by atoms with Crippen LogP contribution >= 0.6 is 11.3 Å². The molecule has 0 spiro atoms. The van der Waals surface area contributed by atoms with Crippen LogP contribution in [0.25, 0.3) is 21.7 Å². The van der Waals surface area contributed by atoms with Gasteiger partial charge in [-0.25, -0.2) is 13.4 Å². The maximum Gasteiger partial charge on any atom is 0.261 e. The van der Waals surface area contributed by atoms with Gasteiger partial charge in [0.15, 0.2) is 5.13 Å². The average Bonchev–Trinajstić information content (AvgIpc) is 3.34. The van der Waals surface area contributed by atoms with Gasteiger partial charge in [0, 0.05) is 16.8 Å². The second-order valence-electron chi connectivity index (χ2n) is 7.88. The van der Waals surface area contributed by atoms with E-state index in [-0.39, 0.29) is 10.8 Å². The van der Waals surface area contributed by atoms with Gasteiger partial charge in [-0.15, -0.1) is 0 Å². The highest BCUT2D eigenvalue weighted by Gasteiger charge is 2.18. The lowest BCUT2D eigenvalue weighted by molar-refractivity contribution is 0.102. The van der Waals surface area contributed by atoms with Crippen LogP contribution in [0.15, 0.2) is 120 Å². The van der Waals surface area contributed by atoms with Gasteiger partial charge in [-0.1, -0.05) is 96.3 Å². The number of carbonyl (C=O) groups is 1. The summed E-state index contributed by atoms with van der Waals surface area (Å²) in [5.74, 6) is -0.385. The molecule has 36 heavy (non-hydrogen) atoms. The Balaban J connectivity index is 1.41. The van der Waals surface area contributed by atoms with Crippen LogP contribution in [0.1, 0.15) is 10.4 Å². The van der Waals surface area contributed by atoms with Gasteiger partial charge in [0.05, 0.1) is 15.5 Å². The largest absolute Gasteiger partial charge is 0.298 e. The van der Waals surface area contributed by atoms with Crippen molar-refractivity contribution in [2.75, 3.05) is 10.0 Å². The van der Waals surface area contributed by atoms with E-state index in [4.69, 9.17) is 4.98 Å². The van der Waals surface area contributed by atoms with Crippen molar-refractivity contribution in [1.29, 1.82) is 0 Å². The first-order valence-electron chi connectivity index (χ1n) is 11.1. The van der Waals surface area contributed by atoms with Crippen molar-refractivity contribution in [3.8, 4) is 21.7 Å². The topological polar surface area (TPSA) is 88.2 Å². The smallest absolute Gasteiger partial charge is 0.261 e. The van der Waals surface area contributed by atoms with Crippen molar-refractivity contribution >= 4 is 38.1 Å². The molecule has 0 aliphatic carbocycles. The number of sulfonamides is 1. The summed E-state index contributed by atoms with van der Waals surface area (Å²) < 4.78 is 27.9. The van der Waals surface area contributed by atoms with Gasteiger partial charge in [0.25, 0.3) is 15.9 Å². The molecule has 2 N–H and O–H groups in total. The fourth-order valence-electron chi connectivity index (χ4n) is 3.66. The molecule has 0 fully saturated rings. The monoisotopic (exact) mass is 511 g/mol. The van der Waals surface area contributed by atoms with Gasteiger partial charge in [-0.3, -0.25) is 14.8 Å². The molecule has 0 radical (unpaired) electrons. The first kappa shape index (κ1) is 23.5. The maximum absolute atomic E-state index is 13.1. The number of aromatic nitrogens is 1. The van der Waals surface area contributed by atoms with E-state index in [1.807, 2.05) is 60.7 Å². The number of thiazole rings is 1. The van der Waals surface area contributed by atoms with Gasteiger partial charge < -0.3 is 0 Å². The summed E-state index contributed by atoms with van der Waals surface area (Å²) >= 11 is 1.39. The molecule has 1 amide bonds. The molecule has 5 aromatic rings. The van der Waals surface area contributed by atoms with Gasteiger partial charge in [0.1, 0.15) is 0 Å². The Kier molecular flexibility index (Phi) is 6.62. The fourth-order valence-corrected chi connectivity index (χ4v) is 5.72. The molecule has 0 atom stereocenters. The van der Waals surface area contributed by atoms with Gasteiger partial charge in [-0.05, 0) is 35.9 Å². The van der Waals surface area contributed by atoms with Crippen molar-refractivity contribution < 1.29 is 13.2 Å². The molecule has 0 aliphatic rings. The molecule has 4 aromatic carbocycles. The molecule has 6 nitrogen and oxygen atoms in total. The number of nitrogens with zero attached hydrogens (tertiary/aromatic N) is 1. The van der Waals surface area contributed by atoms with Crippen molar-refractivity contribution in [3.63, 3.8) is 0 Å². The summed E-state index contributed by atoms with van der Waals surface area (Å²) in [7, 11) is -3.77. The van der Waals surface area contributed by atoms with Crippen LogP contribution in [0.5, 0.6) is 0 Å². The Bertz CT molecular complexity index is 1550. The summed E-state index contributed by atoms with van der Waals surface area (Å²) in [4.78, 5) is 18.9. The van der Waals surface area contributed by atoms with E-state index >= 15 is 0 Å². The number of anilines is 2. The summed E-state index contributed by atoms with van der Waals surface area (Å²) in [6.45, 7) is 0. The molecule has 0 saturated heterocycles. The van der Waals surface area contributed by atoms with E-state index in [1.54, 1.807) is 36.4 Å². The molecule has 178 valence electrons. The standard InChI is InChI=1S/C28H21N3O3S2/c32-27(22-15-10-16-23(19-22)31-36(33,34)24-17-8-3-9-18-24)30-28-29-25(20-11-4-1-5-12-20)26(35-28)21-13-6-2-7-14-21/h1-19,31H,(H,29,30,32). The highest BCUT2D eigenvalue weighted by atomic mass is 32.2. The van der Waals surface area contributed by atoms with E-state index in [1.165, 1.54) is 29.5 Å². The summed E-state index contributed by atoms with van der Waals surface area (Å²) in [6.07, 6.45) is 0. The zero-order chi connectivity index (χ0) is 25.0. The van der Waals surface area contributed by atoms with Crippen LogP contribution in [0, 0.1) is 0 Å². The molecule has 0 unspecified atom stereocenters. The minimum absolute atomic E-state index is 0.143. The number of amides is 1. The lowest BCUT2D eigenvalue weighted by Crippen LogP contribution is -2.15. The van der Waals surface area contributed by atoms with Crippen LogP contribution in [-0.4, -0.2) is 19.3 Å². The third-order valence-corrected chi connectivity index (χ3v) is 7.78. The summed E-state index contributed by atoms with van der Waals surface area (Å²) in [5.41, 5.74) is 3.34. The molecular weight excluding hydrogens is 490 g/mol. The van der Waals surface area contributed by atoms with E-state index in [0.717, 1.165) is 21.7 Å². The number of hydrogen-bond donors (Lipinski definition) is 2. The fraction of sp³-hybridized carbons (Fsp3) is 0. The van der Waals surface area contributed by atoms with Crippen LogP contribution in [-0.2, 0) is 10.0 Å². The predicted molar refractivity (Wildman–Crippen MR) is 145 cm³/mol. The van der Waals surface area contributed by atoms with Crippen molar-refractivity contribution in [2.24, 2.45) is 0 Å². The Morgan fingerprint density at radius 3 is 2.00 bits per heavy atom. The van der Waals surface area contributed by atoms with Crippen LogP contribution < -0.4 is 10.0 Å². The lowest BCUT2D eigenvalue weighted by Gasteiger charge is -2.09. The third kappa shape index (κ3) is 5.19. The number of hydrogen-bond acceptors (Lipinski definition) is 5. The van der Waals surface area contributed by atoms with Crippen molar-refractivity contribution in [1.82, 2.24) is 4.98 Å². The Morgan fingerprint density at radius 2 is 1.33 bits per heavy atom. The molecule has 8 heteroatoms. The molecule has 0 saturated carbocycles. The number of nitrogens with one attached hydrogen (secondary N) is 2. The number of benzene rings is 4. The first-order chi connectivity index (χ1) is 17.5. The zero-order valence-electron chi connectivity index (χ0n) is 19.0. The normalized spacial score (nSPS) is 11.1. The van der Waals surface area contributed by atoms with Crippen molar-refractivity contribution in [3.05, 3.63) is 121 Å². The van der Waals surface area contributed by atoms with Gasteiger partial charge in [0.2, 0.25) is 0 Å². The molecule has 0 aliphatic heterocycles. The lowest BCUT2D eigenvalue weighted by atomic mass is 10.1. The van der Waals surface area contributed by atoms with Crippen LogP contribution in [0.4, 0.5) is 10.8 Å². The highest BCUT2D eigenvalue weighted by molar-refractivity contribution is 7.92. The SMILES string of the molecule is O=C(Nc1nc(-c2ccccc2)c(-c2ccccc2)s1)c1cccc(NS(=O)(=O)c2ccccc2)c1. The second kappa shape index (κ2) is 10.2. The first-order valence-corrected chi connectivity index (χ1v) is 13.4. The maximum atomic E-state index is 13.1. The molecule has 1 aromatic heterocycles. The number of rotatable bonds is 7. The van der Waals surface area contributed by atoms with Gasteiger partial charge >= 0.3 is 0 Å². The van der Waals surface area contributed by atoms with Crippen molar-refractivity contribution in [2.45, 2.75) is 4.90 Å². The minimum Gasteiger partial charge on any atom is -0.298 e. The summed E-state index contributed by atoms with van der Waals surface area (Å²) in [5, 5.41) is 3.32. The molecule has 5 rings (SSSR count). The quantitative estimate of drug-likeness (QED) is 0.260. The molecule has 1 heterocycles. The van der Waals surface area contributed by atoms with E-state index in [9.17, 15) is 13.2 Å². The van der Waals surface area contributed by atoms with Crippen LogP contribution in [0.2, 0.25) is 0 Å². The number of carbonyl (C=O) groups excluding carboxylic acids is 1. The molecule has 0 bridgehead atoms. The van der Waals surface area contributed by atoms with E-state index < -0.39 is 10.0 Å². The Labute approximate surface area is 213 Å². The summed E-state index contributed by atoms with van der Waals surface area (Å²) in [6, 6.07) is 34.1. The van der Waals surface area contributed by atoms with Gasteiger partial charge in [-0.2, -0.15) is 0 Å². The van der Waals surface area contributed by atoms with Crippen LogP contribution in [0.3, 0.4) is 0 Å². The van der Waals surface area contributed by atoms with E-state index in [0.29, 0.717) is 16.4 Å². The predicted octanol–water partition coefficient (Wildman–Crippen LogP) is 6.53. The average molecular weight is 512 g/mol. The Morgan fingerprint density at radius 1 is 0.722 bits per heavy atom. The van der Waals surface area contributed by atoms with E-state index in [2.05, 4.69) is 10.0 Å². The minimum atomic E-state index is -3.77. The molecular formula is C28H21N3O3S2. The second-order valence-corrected chi connectivity index (χ2v) is 10.6. The Hall–Kier alpha value is -4.27. The zero-order valence-corrected chi connectivity index (χ0v) is 20.6. The third-order valence-electron chi connectivity index (χ3n) is 5.36. The highest BCUT2D eigenvalue weighted by Crippen LogP contribution is 2.39.